The third-order valence-electron chi connectivity index (χ3n) is 4.88. The van der Waals surface area contributed by atoms with Gasteiger partial charge in [-0.1, -0.05) is 12.1 Å². The van der Waals surface area contributed by atoms with E-state index in [1.807, 2.05) is 0 Å². The number of fused-ring (bicyclic) bond motifs is 1. The highest BCUT2D eigenvalue weighted by atomic mass is 16.7. The number of aliphatic hydroxyl groups excluding tert-OH is 1. The molecule has 0 amide bonds. The number of para-hydroxylation sites is 2. The second-order valence-electron chi connectivity index (χ2n) is 6.65. The van der Waals surface area contributed by atoms with Crippen molar-refractivity contribution < 1.29 is 29.3 Å². The van der Waals surface area contributed by atoms with Crippen LogP contribution in [0.2, 0.25) is 0 Å². The molecule has 1 heterocycles. The van der Waals surface area contributed by atoms with Crippen molar-refractivity contribution in [3.05, 3.63) is 58.1 Å². The van der Waals surface area contributed by atoms with E-state index in [1.54, 1.807) is 25.1 Å². The molecule has 0 saturated heterocycles. The Balaban J connectivity index is 2.12. The number of ether oxygens (including phenoxy) is 3. The summed E-state index contributed by atoms with van der Waals surface area (Å²) in [6.45, 7) is 1.62. The number of hydrogen-bond acceptors (Lipinski definition) is 8. The van der Waals surface area contributed by atoms with Gasteiger partial charge in [0, 0.05) is 31.9 Å². The Kier molecular flexibility index (Phi) is 5.41. The summed E-state index contributed by atoms with van der Waals surface area (Å²) in [4.78, 5) is 10.7. The van der Waals surface area contributed by atoms with E-state index in [-0.39, 0.29) is 11.4 Å². The minimum Gasteiger partial charge on any atom is -0.506 e. The van der Waals surface area contributed by atoms with Crippen molar-refractivity contribution in [3.8, 4) is 11.5 Å². The van der Waals surface area contributed by atoms with Crippen LogP contribution in [0.3, 0.4) is 0 Å². The van der Waals surface area contributed by atoms with Gasteiger partial charge >= 0.3 is 0 Å². The third kappa shape index (κ3) is 3.35. The van der Waals surface area contributed by atoms with E-state index in [2.05, 4.69) is 5.32 Å². The molecular formula is C19H22N2O7. The van der Waals surface area contributed by atoms with Crippen LogP contribution < -0.4 is 10.1 Å². The average molecular weight is 390 g/mol. The molecule has 9 nitrogen and oxygen atoms in total. The Hall–Kier alpha value is -2.88. The van der Waals surface area contributed by atoms with Gasteiger partial charge in [-0.05, 0) is 25.1 Å². The van der Waals surface area contributed by atoms with E-state index < -0.39 is 29.0 Å². The number of aliphatic hydroxyl groups is 1. The molecule has 3 atom stereocenters. The number of methoxy groups -OCH3 is 2. The van der Waals surface area contributed by atoms with E-state index in [0.29, 0.717) is 17.0 Å². The molecule has 3 rings (SSSR count). The van der Waals surface area contributed by atoms with Crippen LogP contribution in [0.25, 0.3) is 0 Å². The number of aromatic hydroxyl groups is 1. The standard InChI is InChI=1S/C19H22N2O7/c1-19(18(26-2)27-3)17(23)16(20-13-6-4-5-7-14(13)22)12-10-11(21(24)25)8-9-15(12)28-19/h4-10,16-18,20,22-23H,1-3H3/t16-,17+,19-/m0/s1. The largest absolute Gasteiger partial charge is 0.506 e. The molecule has 0 unspecified atom stereocenters. The van der Waals surface area contributed by atoms with Crippen molar-refractivity contribution in [3.63, 3.8) is 0 Å². The second kappa shape index (κ2) is 7.63. The molecule has 1 aliphatic heterocycles. The number of nitro groups is 1. The summed E-state index contributed by atoms with van der Waals surface area (Å²) in [5, 5.41) is 35.6. The molecule has 1 aliphatic rings. The number of nitrogens with zero attached hydrogens (tertiary/aromatic N) is 1. The average Bonchev–Trinajstić information content (AvgIpc) is 2.67. The summed E-state index contributed by atoms with van der Waals surface area (Å²) >= 11 is 0. The number of phenols is 1. The number of rotatable bonds is 6. The van der Waals surface area contributed by atoms with Crippen LogP contribution in [0.1, 0.15) is 18.5 Å². The second-order valence-corrected chi connectivity index (χ2v) is 6.65. The lowest BCUT2D eigenvalue weighted by atomic mass is 9.84. The number of nitrogens with one attached hydrogen (secondary N) is 1. The Morgan fingerprint density at radius 1 is 1.25 bits per heavy atom. The smallest absolute Gasteiger partial charge is 0.270 e. The van der Waals surface area contributed by atoms with Gasteiger partial charge < -0.3 is 29.7 Å². The molecule has 0 aliphatic carbocycles. The van der Waals surface area contributed by atoms with Crippen LogP contribution in [0.15, 0.2) is 42.5 Å². The lowest BCUT2D eigenvalue weighted by Gasteiger charge is -2.46. The quantitative estimate of drug-likeness (QED) is 0.298. The van der Waals surface area contributed by atoms with Gasteiger partial charge in [0.2, 0.25) is 0 Å². The zero-order valence-electron chi connectivity index (χ0n) is 15.7. The summed E-state index contributed by atoms with van der Waals surface area (Å²) in [6, 6.07) is 9.80. The van der Waals surface area contributed by atoms with Crippen molar-refractivity contribution in [2.75, 3.05) is 19.5 Å². The van der Waals surface area contributed by atoms with Gasteiger partial charge in [0.15, 0.2) is 11.9 Å². The number of phenolic OH excluding ortho intramolecular Hbond substituents is 1. The molecule has 2 aromatic rings. The molecule has 0 bridgehead atoms. The van der Waals surface area contributed by atoms with Crippen molar-refractivity contribution in [1.29, 1.82) is 0 Å². The maximum atomic E-state index is 11.2. The Labute approximate surface area is 161 Å². The number of benzene rings is 2. The van der Waals surface area contributed by atoms with E-state index in [9.17, 15) is 20.3 Å². The highest BCUT2D eigenvalue weighted by Gasteiger charge is 2.52. The van der Waals surface area contributed by atoms with Crippen molar-refractivity contribution in [2.45, 2.75) is 31.0 Å². The summed E-state index contributed by atoms with van der Waals surface area (Å²) in [7, 11) is 2.85. The predicted octanol–water partition coefficient (Wildman–Crippen LogP) is 2.58. The number of hydrogen-bond donors (Lipinski definition) is 3. The van der Waals surface area contributed by atoms with Gasteiger partial charge in [-0.25, -0.2) is 0 Å². The number of non-ortho nitro benzene ring substituents is 1. The van der Waals surface area contributed by atoms with E-state index in [1.165, 1.54) is 38.5 Å². The normalized spacial score (nSPS) is 23.8. The molecule has 9 heteroatoms. The molecule has 3 N–H and O–H groups in total. The van der Waals surface area contributed by atoms with E-state index >= 15 is 0 Å². The predicted molar refractivity (Wildman–Crippen MR) is 100 cm³/mol. The van der Waals surface area contributed by atoms with Crippen LogP contribution in [-0.4, -0.2) is 47.4 Å². The molecule has 150 valence electrons. The number of nitro benzene ring substituents is 1. The fourth-order valence-electron chi connectivity index (χ4n) is 3.46. The summed E-state index contributed by atoms with van der Waals surface area (Å²) in [6.07, 6.45) is -2.15. The topological polar surface area (TPSA) is 123 Å². The lowest BCUT2D eigenvalue weighted by molar-refractivity contribution is -0.385. The minimum atomic E-state index is -1.32. The lowest BCUT2D eigenvalue weighted by Crippen LogP contribution is -2.60. The first-order chi connectivity index (χ1) is 13.3. The number of anilines is 1. The van der Waals surface area contributed by atoms with Crippen LogP contribution in [0.5, 0.6) is 11.5 Å². The van der Waals surface area contributed by atoms with Gasteiger partial charge in [0.05, 0.1) is 16.7 Å². The highest BCUT2D eigenvalue weighted by Crippen LogP contribution is 2.45. The van der Waals surface area contributed by atoms with Crippen LogP contribution in [0.4, 0.5) is 11.4 Å². The molecule has 0 saturated carbocycles. The van der Waals surface area contributed by atoms with Crippen molar-refractivity contribution >= 4 is 11.4 Å². The van der Waals surface area contributed by atoms with Gasteiger partial charge in [0.25, 0.3) is 5.69 Å². The molecular weight excluding hydrogens is 368 g/mol. The Bertz CT molecular complexity index is 871. The Morgan fingerprint density at radius 3 is 2.54 bits per heavy atom. The van der Waals surface area contributed by atoms with Crippen LogP contribution in [0, 0.1) is 10.1 Å². The zero-order chi connectivity index (χ0) is 20.5. The van der Waals surface area contributed by atoms with Gasteiger partial charge in [-0.3, -0.25) is 10.1 Å². The molecule has 0 aromatic heterocycles. The maximum absolute atomic E-state index is 11.2. The molecule has 0 fully saturated rings. The first-order valence-electron chi connectivity index (χ1n) is 8.57. The first-order valence-corrected chi connectivity index (χ1v) is 8.57. The third-order valence-corrected chi connectivity index (χ3v) is 4.88. The molecule has 28 heavy (non-hydrogen) atoms. The summed E-state index contributed by atoms with van der Waals surface area (Å²) < 4.78 is 16.6. The molecule has 2 aromatic carbocycles. The van der Waals surface area contributed by atoms with Crippen molar-refractivity contribution in [1.82, 2.24) is 0 Å². The van der Waals surface area contributed by atoms with Gasteiger partial charge in [0.1, 0.15) is 17.6 Å². The first kappa shape index (κ1) is 19.9. The SMILES string of the molecule is COC(OC)[C@@]1(C)Oc2ccc([N+](=O)[O-])cc2[C@H](Nc2ccccc2O)[C@H]1O. The van der Waals surface area contributed by atoms with Gasteiger partial charge in [-0.2, -0.15) is 0 Å². The fourth-order valence-corrected chi connectivity index (χ4v) is 3.46. The monoisotopic (exact) mass is 390 g/mol. The molecule has 0 radical (unpaired) electrons. The van der Waals surface area contributed by atoms with Crippen LogP contribution in [-0.2, 0) is 9.47 Å². The van der Waals surface area contributed by atoms with Crippen molar-refractivity contribution in [2.24, 2.45) is 0 Å². The summed E-state index contributed by atoms with van der Waals surface area (Å²) in [5.74, 6) is 0.315. The zero-order valence-corrected chi connectivity index (χ0v) is 15.7. The van der Waals surface area contributed by atoms with Gasteiger partial charge in [-0.15, -0.1) is 0 Å². The minimum absolute atomic E-state index is 0.0232. The van der Waals surface area contributed by atoms with E-state index in [0.717, 1.165) is 0 Å². The summed E-state index contributed by atoms with van der Waals surface area (Å²) in [5.41, 5.74) is -0.723. The Morgan fingerprint density at radius 2 is 1.93 bits per heavy atom. The molecule has 0 spiro atoms. The van der Waals surface area contributed by atoms with Crippen LogP contribution >= 0.6 is 0 Å². The van der Waals surface area contributed by atoms with E-state index in [4.69, 9.17) is 14.2 Å². The highest BCUT2D eigenvalue weighted by molar-refractivity contribution is 5.59. The fraction of sp³-hybridized carbons (Fsp3) is 0.368. The maximum Gasteiger partial charge on any atom is 0.270 e.